The maximum Gasteiger partial charge on any atom is 0.327 e. The molecule has 0 aliphatic carbocycles. The lowest BCUT2D eigenvalue weighted by Crippen LogP contribution is -2.59. The average Bonchev–Trinajstić information content (AvgIpc) is 3.40. The van der Waals surface area contributed by atoms with E-state index in [4.69, 9.17) is 0 Å². The molecule has 6 N–H and O–H groups in total. The molecule has 2 aliphatic rings. The highest BCUT2D eigenvalue weighted by atomic mass is 33.1. The molecular formula is C28H34N4O6S2. The number of carboxylic acid groups (broad SMARTS) is 1. The number of carboxylic acids is 1. The fourth-order valence-corrected chi connectivity index (χ4v) is 7.72. The first-order chi connectivity index (χ1) is 19.0. The van der Waals surface area contributed by atoms with Crippen molar-refractivity contribution in [3.05, 3.63) is 65.7 Å². The molecule has 10 nitrogen and oxygen atoms in total. The second-order valence-electron chi connectivity index (χ2n) is 10.5. The lowest BCUT2D eigenvalue weighted by Gasteiger charge is -2.31. The largest absolute Gasteiger partial charge is 0.508 e. The number of hydrogen-bond acceptors (Lipinski definition) is 8. The van der Waals surface area contributed by atoms with Crippen LogP contribution < -0.4 is 21.3 Å². The van der Waals surface area contributed by atoms with Crippen molar-refractivity contribution in [1.29, 1.82) is 0 Å². The number of rotatable bonds is 6. The first-order valence-corrected chi connectivity index (χ1v) is 15.4. The van der Waals surface area contributed by atoms with Gasteiger partial charge in [0.1, 0.15) is 23.9 Å². The predicted molar refractivity (Wildman–Crippen MR) is 155 cm³/mol. The van der Waals surface area contributed by atoms with Gasteiger partial charge in [-0.15, -0.1) is 0 Å². The Bertz CT molecular complexity index is 1230. The van der Waals surface area contributed by atoms with Gasteiger partial charge >= 0.3 is 5.97 Å². The normalized spacial score (nSPS) is 27.1. The van der Waals surface area contributed by atoms with Crippen molar-refractivity contribution >= 4 is 45.3 Å². The van der Waals surface area contributed by atoms with Crippen molar-refractivity contribution in [2.24, 2.45) is 0 Å². The summed E-state index contributed by atoms with van der Waals surface area (Å²) in [5.74, 6) is -2.48. The molecule has 4 rings (SSSR count). The number of phenols is 1. The number of benzene rings is 2. The number of aliphatic carboxylic acids is 1. The van der Waals surface area contributed by atoms with Crippen molar-refractivity contribution < 1.29 is 29.4 Å². The van der Waals surface area contributed by atoms with Gasteiger partial charge in [0.25, 0.3) is 0 Å². The lowest BCUT2D eigenvalue weighted by atomic mass is 9.91. The van der Waals surface area contributed by atoms with Crippen LogP contribution in [0.3, 0.4) is 0 Å². The summed E-state index contributed by atoms with van der Waals surface area (Å²) in [5.41, 5.74) is 1.70. The molecule has 3 amide bonds. The average molecular weight is 587 g/mol. The summed E-state index contributed by atoms with van der Waals surface area (Å²) < 4.78 is -0.914. The Kier molecular flexibility index (Phi) is 9.64. The van der Waals surface area contributed by atoms with E-state index in [2.05, 4.69) is 21.3 Å². The Morgan fingerprint density at radius 1 is 1.02 bits per heavy atom. The van der Waals surface area contributed by atoms with E-state index in [0.717, 1.165) is 11.1 Å². The molecule has 0 radical (unpaired) electrons. The molecule has 2 aliphatic heterocycles. The molecule has 0 bridgehead atoms. The lowest BCUT2D eigenvalue weighted by molar-refractivity contribution is -0.143. The van der Waals surface area contributed by atoms with Crippen molar-refractivity contribution in [3.8, 4) is 5.75 Å². The first-order valence-electron chi connectivity index (χ1n) is 13.1. The van der Waals surface area contributed by atoms with E-state index < -0.39 is 46.7 Å². The van der Waals surface area contributed by atoms with Crippen molar-refractivity contribution in [1.82, 2.24) is 21.3 Å². The monoisotopic (exact) mass is 586 g/mol. The van der Waals surface area contributed by atoms with Crippen molar-refractivity contribution in [3.63, 3.8) is 0 Å². The van der Waals surface area contributed by atoms with Crippen LogP contribution in [0, 0.1) is 0 Å². The third-order valence-corrected chi connectivity index (χ3v) is 10.4. The van der Waals surface area contributed by atoms with Crippen LogP contribution in [0.1, 0.15) is 37.3 Å². The summed E-state index contributed by atoms with van der Waals surface area (Å²) in [6.45, 7) is 4.07. The molecule has 0 saturated carbocycles. The minimum atomic E-state index is -1.20. The summed E-state index contributed by atoms with van der Waals surface area (Å²) in [6, 6.07) is 12.1. The maximum absolute atomic E-state index is 13.5. The Labute approximate surface area is 240 Å². The summed E-state index contributed by atoms with van der Waals surface area (Å²) in [7, 11) is 2.51. The Hall–Kier alpha value is -3.22. The van der Waals surface area contributed by atoms with Crippen LogP contribution in [-0.2, 0) is 25.6 Å². The Morgan fingerprint density at radius 2 is 1.73 bits per heavy atom. The zero-order valence-electron chi connectivity index (χ0n) is 22.3. The number of aromatic hydroxyl groups is 1. The molecule has 2 fully saturated rings. The van der Waals surface area contributed by atoms with Gasteiger partial charge in [0.05, 0.1) is 10.8 Å². The van der Waals surface area contributed by atoms with Gasteiger partial charge in [0.15, 0.2) is 0 Å². The number of nitrogens with one attached hydrogen (secondary N) is 4. The first kappa shape index (κ1) is 29.8. The smallest absolute Gasteiger partial charge is 0.327 e. The van der Waals surface area contributed by atoms with E-state index >= 15 is 0 Å². The van der Waals surface area contributed by atoms with E-state index in [9.17, 15) is 29.4 Å². The van der Waals surface area contributed by atoms with Crippen molar-refractivity contribution in [2.45, 2.75) is 61.5 Å². The standard InChI is InChI=1S/C28H34N4O6S2/c1-28(2)23(27(37)38)32-24(34)20(14-16-6-4-3-5-7-16)30-25(35)21(15-39-40-28)31-26(36)22-19(12-13-29-22)17-8-10-18(33)11-9-17/h3-11,19-23,29,33H,12-15H2,1-2H3,(H,30,35)(H,31,36)(H,32,34)(H,37,38)/t19-,20-,21+,22+,23-/m0/s1. The van der Waals surface area contributed by atoms with Gasteiger partial charge in [0, 0.05) is 18.1 Å². The van der Waals surface area contributed by atoms with Crippen LogP contribution in [0.4, 0.5) is 0 Å². The highest BCUT2D eigenvalue weighted by molar-refractivity contribution is 8.77. The molecule has 0 unspecified atom stereocenters. The van der Waals surface area contributed by atoms with Gasteiger partial charge in [-0.1, -0.05) is 64.1 Å². The highest BCUT2D eigenvalue weighted by Crippen LogP contribution is 2.39. The van der Waals surface area contributed by atoms with Gasteiger partial charge in [-0.3, -0.25) is 14.4 Å². The second kappa shape index (κ2) is 13.0. The summed E-state index contributed by atoms with van der Waals surface area (Å²) in [4.78, 5) is 52.4. The predicted octanol–water partition coefficient (Wildman–Crippen LogP) is 1.79. The number of carbonyl (C=O) groups is 4. The molecule has 12 heteroatoms. The molecule has 214 valence electrons. The van der Waals surface area contributed by atoms with E-state index in [-0.39, 0.29) is 29.7 Å². The van der Waals surface area contributed by atoms with Gasteiger partial charge in [-0.25, -0.2) is 4.79 Å². The van der Waals surface area contributed by atoms with Gasteiger partial charge in [-0.05, 0) is 50.1 Å². The van der Waals surface area contributed by atoms with Crippen LogP contribution in [-0.4, -0.2) is 75.1 Å². The van der Waals surface area contributed by atoms with E-state index in [1.807, 2.05) is 30.3 Å². The molecule has 2 heterocycles. The molecular weight excluding hydrogens is 552 g/mol. The summed E-state index contributed by atoms with van der Waals surface area (Å²) in [5, 5.41) is 31.0. The zero-order valence-corrected chi connectivity index (χ0v) is 23.9. The molecule has 40 heavy (non-hydrogen) atoms. The number of phenolic OH excluding ortho intramolecular Hbond substituents is 1. The minimum absolute atomic E-state index is 0.139. The quantitative estimate of drug-likeness (QED) is 0.278. The number of carbonyl (C=O) groups excluding carboxylic acids is 3. The van der Waals surface area contributed by atoms with Crippen LogP contribution in [0.25, 0.3) is 0 Å². The maximum atomic E-state index is 13.5. The number of hydrogen-bond donors (Lipinski definition) is 6. The zero-order chi connectivity index (χ0) is 28.9. The van der Waals surface area contributed by atoms with Crippen molar-refractivity contribution in [2.75, 3.05) is 12.3 Å². The van der Waals surface area contributed by atoms with E-state index in [1.54, 1.807) is 38.1 Å². The van der Waals surface area contributed by atoms with E-state index in [1.165, 1.54) is 21.6 Å². The third-order valence-electron chi connectivity index (χ3n) is 7.11. The van der Waals surface area contributed by atoms with Crippen LogP contribution in [0.5, 0.6) is 5.75 Å². The number of amides is 3. The molecule has 2 aromatic rings. The minimum Gasteiger partial charge on any atom is -0.508 e. The topological polar surface area (TPSA) is 157 Å². The molecule has 0 aromatic heterocycles. The fraction of sp³-hybridized carbons (Fsp3) is 0.429. The molecule has 0 spiro atoms. The molecule has 5 atom stereocenters. The van der Waals surface area contributed by atoms with Crippen LogP contribution in [0.15, 0.2) is 54.6 Å². The van der Waals surface area contributed by atoms with Gasteiger partial charge in [-0.2, -0.15) is 0 Å². The Morgan fingerprint density at radius 3 is 2.40 bits per heavy atom. The van der Waals surface area contributed by atoms with Gasteiger partial charge in [0.2, 0.25) is 17.7 Å². The second-order valence-corrected chi connectivity index (χ2v) is 13.5. The Balaban J connectivity index is 1.56. The highest BCUT2D eigenvalue weighted by Gasteiger charge is 2.41. The SMILES string of the molecule is CC1(C)SSC[C@@H](NC(=O)[C@@H]2NCC[C@H]2c2ccc(O)cc2)C(=O)N[C@@H](Cc2ccccc2)C(=O)N[C@H]1C(=O)O. The van der Waals surface area contributed by atoms with E-state index in [0.29, 0.717) is 13.0 Å². The molecule has 2 aromatic carbocycles. The van der Waals surface area contributed by atoms with Gasteiger partial charge < -0.3 is 31.5 Å². The summed E-state index contributed by atoms with van der Waals surface area (Å²) >= 11 is 0. The molecule has 2 saturated heterocycles. The summed E-state index contributed by atoms with van der Waals surface area (Å²) in [6.07, 6.45) is 0.869. The fourth-order valence-electron chi connectivity index (χ4n) is 4.91. The van der Waals surface area contributed by atoms with Crippen LogP contribution >= 0.6 is 21.6 Å². The third kappa shape index (κ3) is 7.29. The van der Waals surface area contributed by atoms with Crippen LogP contribution in [0.2, 0.25) is 0 Å².